The van der Waals surface area contributed by atoms with E-state index in [2.05, 4.69) is 83.7 Å². The Bertz CT molecular complexity index is 2860. The number of anilines is 5. The van der Waals surface area contributed by atoms with E-state index < -0.39 is 6.43 Å². The maximum Gasteiger partial charge on any atom is 0.264 e. The second kappa shape index (κ2) is 18.0. The van der Waals surface area contributed by atoms with Crippen LogP contribution >= 0.6 is 0 Å². The molecule has 1 saturated carbocycles. The van der Waals surface area contributed by atoms with Crippen LogP contribution in [0.25, 0.3) is 11.1 Å². The van der Waals surface area contributed by atoms with Gasteiger partial charge in [0.25, 0.3) is 6.43 Å². The molecule has 0 radical (unpaired) electrons. The highest BCUT2D eigenvalue weighted by Crippen LogP contribution is 2.58. The second-order valence-corrected chi connectivity index (χ2v) is 22.5. The van der Waals surface area contributed by atoms with Crippen molar-refractivity contribution in [2.45, 2.75) is 122 Å². The average molecular weight is 962 g/mol. The van der Waals surface area contributed by atoms with Crippen LogP contribution in [0.15, 0.2) is 67.0 Å². The fraction of sp³-hybridized carbons (Fsp3) is 0.544. The number of rotatable bonds is 8. The highest BCUT2D eigenvalue weighted by molar-refractivity contribution is 5.78. The van der Waals surface area contributed by atoms with E-state index in [1.54, 1.807) is 30.1 Å². The molecule has 3 aromatic carbocycles. The van der Waals surface area contributed by atoms with E-state index in [-0.39, 0.29) is 17.5 Å². The normalized spacial score (nSPS) is 23.2. The summed E-state index contributed by atoms with van der Waals surface area (Å²) in [7, 11) is 1.81. The number of hydrogen-bond acceptors (Lipinski definition) is 9. The summed E-state index contributed by atoms with van der Waals surface area (Å²) < 4.78 is 33.6. The van der Waals surface area contributed by atoms with Crippen LogP contribution in [0.5, 0.6) is 0 Å². The number of nitrogens with zero attached hydrogens (tertiary/aromatic N) is 11. The predicted octanol–water partition coefficient (Wildman–Crippen LogP) is 9.97. The molecule has 1 amide bonds. The van der Waals surface area contributed by atoms with E-state index in [4.69, 9.17) is 5.10 Å². The highest BCUT2D eigenvalue weighted by Gasteiger charge is 2.57. The maximum atomic E-state index is 14.8. The molecule has 2 aromatic heterocycles. The molecule has 12 nitrogen and oxygen atoms in total. The first-order chi connectivity index (χ1) is 34.4. The summed E-state index contributed by atoms with van der Waals surface area (Å²) in [5.41, 5.74) is 11.9. The first kappa shape index (κ1) is 46.2. The number of hydrogen-bond donors (Lipinski definition) is 0. The fourth-order valence-electron chi connectivity index (χ4n) is 14.2. The van der Waals surface area contributed by atoms with Gasteiger partial charge in [0.05, 0.1) is 30.4 Å². The summed E-state index contributed by atoms with van der Waals surface area (Å²) in [5, 5.41) is 19.2. The molecule has 2 atom stereocenters. The number of carbonyl (C=O) groups excluding carboxylic acids is 1. The molecule has 12 rings (SSSR count). The summed E-state index contributed by atoms with van der Waals surface area (Å²) in [5.74, 6) is 0.879. The third kappa shape index (κ3) is 8.33. The monoisotopic (exact) mass is 962 g/mol. The number of carbonyl (C=O) groups is 1. The van der Waals surface area contributed by atoms with Crippen molar-refractivity contribution in [2.75, 3.05) is 78.5 Å². The number of aromatic nitrogens is 4. The van der Waals surface area contributed by atoms with Crippen LogP contribution in [0.3, 0.4) is 0 Å². The van der Waals surface area contributed by atoms with Crippen molar-refractivity contribution in [2.24, 2.45) is 17.9 Å². The van der Waals surface area contributed by atoms with E-state index in [1.807, 2.05) is 31.0 Å². The Morgan fingerprint density at radius 1 is 0.859 bits per heavy atom. The van der Waals surface area contributed by atoms with E-state index >= 15 is 0 Å². The van der Waals surface area contributed by atoms with Gasteiger partial charge in [-0.25, -0.2) is 8.78 Å². The lowest BCUT2D eigenvalue weighted by molar-refractivity contribution is -0.129. The number of aryl methyl sites for hydroxylation is 3. The number of amides is 1. The number of benzene rings is 3. The Labute approximate surface area is 417 Å². The van der Waals surface area contributed by atoms with E-state index in [0.29, 0.717) is 53.7 Å². The third-order valence-electron chi connectivity index (χ3n) is 18.4. The van der Waals surface area contributed by atoms with E-state index in [1.165, 1.54) is 61.3 Å². The third-order valence-corrected chi connectivity index (χ3v) is 18.4. The van der Waals surface area contributed by atoms with Crippen molar-refractivity contribution in [1.82, 2.24) is 29.4 Å². The summed E-state index contributed by atoms with van der Waals surface area (Å²) in [4.78, 5) is 27.4. The molecule has 4 saturated heterocycles. The molecule has 5 aromatic rings. The predicted molar refractivity (Wildman–Crippen MR) is 276 cm³/mol. The van der Waals surface area contributed by atoms with Gasteiger partial charge < -0.3 is 24.5 Å². The summed E-state index contributed by atoms with van der Waals surface area (Å²) in [6.07, 6.45) is 12.8. The van der Waals surface area contributed by atoms with Crippen molar-refractivity contribution in [3.05, 3.63) is 101 Å². The summed E-state index contributed by atoms with van der Waals surface area (Å²) in [6, 6.07) is 23.1. The lowest BCUT2D eigenvalue weighted by Crippen LogP contribution is -2.42. The van der Waals surface area contributed by atoms with Crippen molar-refractivity contribution >= 4 is 34.5 Å². The standard InChI is InChI=1S/C57H69F2N11O/c1-38-28-47(8-7-42(38)33-60)69-37-56(31-39(69)2)16-24-64(25-17-56)44-9-11-45(12-10-44)65-26-18-57(19-27-65)32-53(57)66-21-13-46(14-22-66)70-51-15-23-67(40(3)71)36-50(51)55(62-70)68-20-5-6-41-29-48(43-34-61-63(4)35-43)49(54(58)59)30-52(41)68/h7-12,28-30,34-35,39,46,53-54H,5-6,13-27,31-32,36-37H2,1-4H3/t39-,53?/m0/s1. The molecule has 0 bridgehead atoms. The van der Waals surface area contributed by atoms with Crippen LogP contribution in [0, 0.1) is 29.1 Å². The zero-order valence-corrected chi connectivity index (χ0v) is 42.1. The minimum Gasteiger partial charge on any atom is -0.371 e. The zero-order valence-electron chi connectivity index (χ0n) is 42.1. The second-order valence-electron chi connectivity index (χ2n) is 22.5. The fourth-order valence-corrected chi connectivity index (χ4v) is 14.2. The summed E-state index contributed by atoms with van der Waals surface area (Å²) in [6.45, 7) is 15.5. The highest BCUT2D eigenvalue weighted by atomic mass is 19.3. The Morgan fingerprint density at radius 3 is 2.21 bits per heavy atom. The van der Waals surface area contributed by atoms with Crippen molar-refractivity contribution in [1.29, 1.82) is 5.26 Å². The number of halogens is 2. The quantitative estimate of drug-likeness (QED) is 0.151. The van der Waals surface area contributed by atoms with Gasteiger partial charge in [0, 0.05) is 143 Å². The van der Waals surface area contributed by atoms with Gasteiger partial charge in [-0.15, -0.1) is 0 Å². The first-order valence-electron chi connectivity index (χ1n) is 26.6. The molecule has 2 spiro atoms. The first-order valence-corrected chi connectivity index (χ1v) is 26.6. The number of piperidine rings is 3. The van der Waals surface area contributed by atoms with E-state index in [0.717, 1.165) is 112 Å². The molecule has 372 valence electrons. The van der Waals surface area contributed by atoms with Gasteiger partial charge in [0.1, 0.15) is 0 Å². The average Bonchev–Trinajstić information content (AvgIpc) is 3.61. The Morgan fingerprint density at radius 2 is 1.56 bits per heavy atom. The number of likely N-dealkylation sites (tertiary alicyclic amines) is 1. The van der Waals surface area contributed by atoms with Gasteiger partial charge in [-0.1, -0.05) is 0 Å². The SMILES string of the molecule is CC(=O)N1CCc2c(c(N3CCCc4cc(-c5cnn(C)c5)c(C(F)F)cc43)nn2C2CCN(C3CC34CCN(c3ccc(N5CCC6(CC5)C[C@H](C)N(c5ccc(C#N)c(C)c5)C6)cc3)CC4)CC2)C1. The maximum absolute atomic E-state index is 14.8. The van der Waals surface area contributed by atoms with Crippen molar-refractivity contribution in [3.63, 3.8) is 0 Å². The molecular formula is C57H69F2N11O. The van der Waals surface area contributed by atoms with Crippen molar-refractivity contribution in [3.8, 4) is 17.2 Å². The minimum absolute atomic E-state index is 0.0124. The molecule has 6 aliphatic heterocycles. The number of alkyl halides is 2. The molecular weight excluding hydrogens is 893 g/mol. The smallest absolute Gasteiger partial charge is 0.264 e. The van der Waals surface area contributed by atoms with Gasteiger partial charge in [-0.3, -0.25) is 19.1 Å². The topological polar surface area (TPSA) is 95.9 Å². The largest absolute Gasteiger partial charge is 0.371 e. The van der Waals surface area contributed by atoms with Crippen LogP contribution in [0.1, 0.15) is 118 Å². The molecule has 14 heteroatoms. The van der Waals surface area contributed by atoms with E-state index in [9.17, 15) is 18.8 Å². The Balaban J connectivity index is 0.669. The zero-order chi connectivity index (χ0) is 48.8. The van der Waals surface area contributed by atoms with Gasteiger partial charge in [-0.2, -0.15) is 15.5 Å². The Kier molecular flexibility index (Phi) is 11.7. The molecule has 1 aliphatic carbocycles. The number of nitriles is 1. The lowest BCUT2D eigenvalue weighted by atomic mass is 9.76. The molecule has 5 fully saturated rings. The molecule has 8 heterocycles. The van der Waals surface area contributed by atoms with Crippen molar-refractivity contribution < 1.29 is 13.6 Å². The van der Waals surface area contributed by atoms with Crippen LogP contribution in [-0.4, -0.2) is 106 Å². The number of fused-ring (bicyclic) bond motifs is 2. The Hall–Kier alpha value is -5.94. The van der Waals surface area contributed by atoms with Gasteiger partial charge in [0.2, 0.25) is 5.91 Å². The summed E-state index contributed by atoms with van der Waals surface area (Å²) >= 11 is 0. The van der Waals surface area contributed by atoms with Gasteiger partial charge in [0.15, 0.2) is 5.82 Å². The van der Waals surface area contributed by atoms with Crippen LogP contribution in [0.2, 0.25) is 0 Å². The molecule has 71 heavy (non-hydrogen) atoms. The van der Waals surface area contributed by atoms with Gasteiger partial charge in [-0.05, 0) is 160 Å². The van der Waals surface area contributed by atoms with Gasteiger partial charge >= 0.3 is 0 Å². The minimum atomic E-state index is -2.64. The lowest BCUT2D eigenvalue weighted by Gasteiger charge is -2.41. The van der Waals surface area contributed by atoms with Crippen LogP contribution < -0.4 is 19.6 Å². The van der Waals surface area contributed by atoms with Crippen LogP contribution in [0.4, 0.5) is 37.3 Å². The van der Waals surface area contributed by atoms with Crippen LogP contribution in [-0.2, 0) is 31.2 Å². The molecule has 1 unspecified atom stereocenters. The molecule has 7 aliphatic rings. The molecule has 0 N–H and O–H groups in total.